The molecule has 16 heavy (non-hydrogen) atoms. The van der Waals surface area contributed by atoms with Crippen molar-refractivity contribution in [1.82, 2.24) is 5.32 Å². The molecule has 0 saturated heterocycles. The van der Waals surface area contributed by atoms with E-state index in [0.29, 0.717) is 6.54 Å². The standard InChI is InChI=1S/C12H22N2O2/c1-2-8-16-11(15)9-14-12(10-13)6-4-3-5-7-12/h2,14H,1,3-10,13H2. The zero-order valence-corrected chi connectivity index (χ0v) is 9.84. The lowest BCUT2D eigenvalue weighted by molar-refractivity contribution is -0.141. The van der Waals surface area contributed by atoms with Gasteiger partial charge in [0.1, 0.15) is 6.61 Å². The van der Waals surface area contributed by atoms with Crippen molar-refractivity contribution < 1.29 is 9.53 Å². The van der Waals surface area contributed by atoms with Gasteiger partial charge in [-0.15, -0.1) is 0 Å². The number of ether oxygens (including phenoxy) is 1. The highest BCUT2D eigenvalue weighted by Gasteiger charge is 2.30. The average molecular weight is 226 g/mol. The third kappa shape index (κ3) is 3.94. The minimum absolute atomic E-state index is 0.0501. The third-order valence-electron chi connectivity index (χ3n) is 3.17. The molecule has 0 amide bonds. The van der Waals surface area contributed by atoms with E-state index in [4.69, 9.17) is 10.5 Å². The molecule has 1 saturated carbocycles. The van der Waals surface area contributed by atoms with Crippen molar-refractivity contribution in [2.75, 3.05) is 19.7 Å². The molecule has 4 heteroatoms. The summed E-state index contributed by atoms with van der Waals surface area (Å²) in [6, 6.07) is 0. The van der Waals surface area contributed by atoms with Crippen LogP contribution in [0.25, 0.3) is 0 Å². The minimum atomic E-state index is -0.238. The molecule has 92 valence electrons. The molecule has 0 aliphatic heterocycles. The fraction of sp³-hybridized carbons (Fsp3) is 0.750. The van der Waals surface area contributed by atoms with Crippen molar-refractivity contribution in [3.8, 4) is 0 Å². The van der Waals surface area contributed by atoms with E-state index in [-0.39, 0.29) is 24.7 Å². The number of nitrogens with two attached hydrogens (primary N) is 1. The maximum absolute atomic E-state index is 11.3. The predicted molar refractivity (Wildman–Crippen MR) is 64.0 cm³/mol. The lowest BCUT2D eigenvalue weighted by Gasteiger charge is -2.37. The Kier molecular flexibility index (Phi) is 5.49. The van der Waals surface area contributed by atoms with E-state index in [0.717, 1.165) is 12.8 Å². The normalized spacial score (nSPS) is 19.1. The summed E-state index contributed by atoms with van der Waals surface area (Å²) in [6.07, 6.45) is 7.32. The first-order chi connectivity index (χ1) is 7.72. The van der Waals surface area contributed by atoms with E-state index in [1.54, 1.807) is 6.08 Å². The van der Waals surface area contributed by atoms with Gasteiger partial charge in [-0.05, 0) is 12.8 Å². The highest BCUT2D eigenvalue weighted by atomic mass is 16.5. The SMILES string of the molecule is C=CCOC(=O)CNC1(CN)CCCCC1. The summed E-state index contributed by atoms with van der Waals surface area (Å²) in [5, 5.41) is 3.26. The molecule has 0 aromatic rings. The van der Waals surface area contributed by atoms with E-state index in [1.165, 1.54) is 19.3 Å². The molecule has 1 rings (SSSR count). The van der Waals surface area contributed by atoms with E-state index in [2.05, 4.69) is 11.9 Å². The van der Waals surface area contributed by atoms with Crippen LogP contribution in [0.1, 0.15) is 32.1 Å². The van der Waals surface area contributed by atoms with Crippen molar-refractivity contribution in [3.63, 3.8) is 0 Å². The number of carbonyl (C=O) groups excluding carboxylic acids is 1. The molecule has 0 bridgehead atoms. The topological polar surface area (TPSA) is 64.3 Å². The minimum Gasteiger partial charge on any atom is -0.461 e. The average Bonchev–Trinajstić information content (AvgIpc) is 2.35. The number of carbonyl (C=O) groups is 1. The second-order valence-electron chi connectivity index (χ2n) is 4.37. The van der Waals surface area contributed by atoms with Gasteiger partial charge in [-0.25, -0.2) is 0 Å². The zero-order chi connectivity index (χ0) is 11.9. The van der Waals surface area contributed by atoms with Crippen molar-refractivity contribution >= 4 is 5.97 Å². The maximum atomic E-state index is 11.3. The van der Waals surface area contributed by atoms with Crippen LogP contribution in [0.5, 0.6) is 0 Å². The Hall–Kier alpha value is -0.870. The number of hydrogen-bond donors (Lipinski definition) is 2. The summed E-state index contributed by atoms with van der Waals surface area (Å²) in [5.74, 6) is -0.238. The van der Waals surface area contributed by atoms with Gasteiger partial charge in [0.15, 0.2) is 0 Å². The van der Waals surface area contributed by atoms with Gasteiger partial charge in [0.05, 0.1) is 6.54 Å². The largest absolute Gasteiger partial charge is 0.461 e. The first-order valence-corrected chi connectivity index (χ1v) is 5.94. The van der Waals surface area contributed by atoms with Gasteiger partial charge in [-0.2, -0.15) is 0 Å². The molecule has 0 radical (unpaired) electrons. The lowest BCUT2D eigenvalue weighted by atomic mass is 9.82. The summed E-state index contributed by atoms with van der Waals surface area (Å²) in [5.41, 5.74) is 5.74. The fourth-order valence-corrected chi connectivity index (χ4v) is 2.14. The summed E-state index contributed by atoms with van der Waals surface area (Å²) in [4.78, 5) is 11.3. The quantitative estimate of drug-likeness (QED) is 0.523. The molecule has 0 atom stereocenters. The molecule has 4 nitrogen and oxygen atoms in total. The highest BCUT2D eigenvalue weighted by molar-refractivity contribution is 5.71. The van der Waals surface area contributed by atoms with E-state index in [1.807, 2.05) is 0 Å². The van der Waals surface area contributed by atoms with Gasteiger partial charge < -0.3 is 15.8 Å². The first-order valence-electron chi connectivity index (χ1n) is 5.94. The Balaban J connectivity index is 2.32. The second-order valence-corrected chi connectivity index (χ2v) is 4.37. The molecule has 0 spiro atoms. The zero-order valence-electron chi connectivity index (χ0n) is 9.84. The lowest BCUT2D eigenvalue weighted by Crippen LogP contribution is -2.54. The van der Waals surface area contributed by atoms with Crippen LogP contribution >= 0.6 is 0 Å². The Bertz CT molecular complexity index is 235. The molecular formula is C12H22N2O2. The smallest absolute Gasteiger partial charge is 0.320 e. The summed E-state index contributed by atoms with van der Waals surface area (Å²) >= 11 is 0. The Morgan fingerprint density at radius 3 is 2.69 bits per heavy atom. The van der Waals surface area contributed by atoms with Gasteiger partial charge >= 0.3 is 5.97 Å². The number of esters is 1. The van der Waals surface area contributed by atoms with Crippen molar-refractivity contribution in [3.05, 3.63) is 12.7 Å². The Labute approximate surface area is 97.2 Å². The molecule has 1 aliphatic rings. The molecule has 0 unspecified atom stereocenters. The molecule has 0 aromatic heterocycles. The predicted octanol–water partition coefficient (Wildman–Crippen LogP) is 0.967. The fourth-order valence-electron chi connectivity index (χ4n) is 2.14. The molecule has 3 N–H and O–H groups in total. The van der Waals surface area contributed by atoms with Crippen molar-refractivity contribution in [2.24, 2.45) is 5.73 Å². The highest BCUT2D eigenvalue weighted by Crippen LogP contribution is 2.26. The van der Waals surface area contributed by atoms with Crippen LogP contribution in [0.4, 0.5) is 0 Å². The molecule has 0 heterocycles. The van der Waals surface area contributed by atoms with Crippen LogP contribution in [0.3, 0.4) is 0 Å². The summed E-state index contributed by atoms with van der Waals surface area (Å²) in [7, 11) is 0. The monoisotopic (exact) mass is 226 g/mol. The summed E-state index contributed by atoms with van der Waals surface area (Å²) in [6.45, 7) is 4.59. The van der Waals surface area contributed by atoms with Crippen LogP contribution in [0.15, 0.2) is 12.7 Å². The van der Waals surface area contributed by atoms with Gasteiger partial charge in [-0.3, -0.25) is 4.79 Å². The van der Waals surface area contributed by atoms with Gasteiger partial charge in [0.2, 0.25) is 0 Å². The van der Waals surface area contributed by atoms with Crippen LogP contribution < -0.4 is 11.1 Å². The van der Waals surface area contributed by atoms with Gasteiger partial charge in [-0.1, -0.05) is 31.9 Å². The third-order valence-corrected chi connectivity index (χ3v) is 3.17. The van der Waals surface area contributed by atoms with Gasteiger partial charge in [0, 0.05) is 12.1 Å². The number of hydrogen-bond acceptors (Lipinski definition) is 4. The number of nitrogens with one attached hydrogen (secondary N) is 1. The van der Waals surface area contributed by atoms with Crippen LogP contribution in [-0.4, -0.2) is 31.2 Å². The van der Waals surface area contributed by atoms with Crippen LogP contribution in [-0.2, 0) is 9.53 Å². The van der Waals surface area contributed by atoms with E-state index >= 15 is 0 Å². The van der Waals surface area contributed by atoms with Crippen molar-refractivity contribution in [1.29, 1.82) is 0 Å². The van der Waals surface area contributed by atoms with E-state index in [9.17, 15) is 4.79 Å². The second kappa shape index (κ2) is 6.66. The molecular weight excluding hydrogens is 204 g/mol. The molecule has 1 aliphatic carbocycles. The van der Waals surface area contributed by atoms with Gasteiger partial charge in [0.25, 0.3) is 0 Å². The first kappa shape index (κ1) is 13.2. The van der Waals surface area contributed by atoms with Crippen molar-refractivity contribution in [2.45, 2.75) is 37.6 Å². The Morgan fingerprint density at radius 2 is 2.12 bits per heavy atom. The molecule has 1 fully saturated rings. The van der Waals surface area contributed by atoms with Crippen LogP contribution in [0, 0.1) is 0 Å². The number of rotatable bonds is 6. The maximum Gasteiger partial charge on any atom is 0.320 e. The molecule has 0 aromatic carbocycles. The Morgan fingerprint density at radius 1 is 1.44 bits per heavy atom. The summed E-state index contributed by atoms with van der Waals surface area (Å²) < 4.78 is 4.91. The van der Waals surface area contributed by atoms with E-state index < -0.39 is 0 Å². The van der Waals surface area contributed by atoms with Crippen LogP contribution in [0.2, 0.25) is 0 Å².